The second-order valence-corrected chi connectivity index (χ2v) is 10.4. The Morgan fingerprint density at radius 2 is 2.09 bits per heavy atom. The van der Waals surface area contributed by atoms with Crippen molar-refractivity contribution in [3.63, 3.8) is 0 Å². The number of hydrogen-bond acceptors (Lipinski definition) is 5. The van der Waals surface area contributed by atoms with Crippen molar-refractivity contribution in [2.45, 2.75) is 38.5 Å². The summed E-state index contributed by atoms with van der Waals surface area (Å²) in [5.74, 6) is 2.44. The number of nitrogens with zero attached hydrogens (tertiary/aromatic N) is 3. The number of nitrogens with one attached hydrogen (secondary N) is 2. The fourth-order valence-corrected chi connectivity index (χ4v) is 6.15. The van der Waals surface area contributed by atoms with Crippen LogP contribution >= 0.6 is 11.3 Å². The van der Waals surface area contributed by atoms with Gasteiger partial charge in [0.05, 0.1) is 11.2 Å². The van der Waals surface area contributed by atoms with Crippen LogP contribution in [0, 0.1) is 5.92 Å². The van der Waals surface area contributed by atoms with Gasteiger partial charge in [0.15, 0.2) is 0 Å². The quantitative estimate of drug-likeness (QED) is 0.302. The lowest BCUT2D eigenvalue weighted by Crippen LogP contribution is -2.29. The number of aromatic amines is 1. The van der Waals surface area contributed by atoms with Gasteiger partial charge in [0, 0.05) is 47.6 Å². The number of nitrogen functional groups attached to an aromatic ring is 1. The van der Waals surface area contributed by atoms with Crippen molar-refractivity contribution in [1.82, 2.24) is 24.7 Å². The van der Waals surface area contributed by atoms with E-state index in [1.165, 1.54) is 10.4 Å². The Balaban J connectivity index is 1.39. The highest BCUT2D eigenvalue weighted by atomic mass is 32.1. The molecule has 0 atom stereocenters. The number of amides is 1. The molecule has 4 aromatic heterocycles. The van der Waals surface area contributed by atoms with Crippen LogP contribution in [0.3, 0.4) is 0 Å². The Bertz CT molecular complexity index is 1510. The Morgan fingerprint density at radius 3 is 2.86 bits per heavy atom. The molecule has 178 valence electrons. The number of benzene rings is 1. The van der Waals surface area contributed by atoms with Gasteiger partial charge in [-0.1, -0.05) is 24.3 Å². The lowest BCUT2D eigenvalue weighted by molar-refractivity contribution is -0.119. The lowest BCUT2D eigenvalue weighted by atomic mass is 9.81. The first-order valence-electron chi connectivity index (χ1n) is 12.1. The van der Waals surface area contributed by atoms with E-state index in [-0.39, 0.29) is 5.91 Å². The maximum atomic E-state index is 11.3. The molecule has 1 fully saturated rings. The van der Waals surface area contributed by atoms with Gasteiger partial charge in [0.25, 0.3) is 0 Å². The van der Waals surface area contributed by atoms with E-state index in [2.05, 4.69) is 61.5 Å². The molecule has 1 aliphatic carbocycles. The predicted molar refractivity (Wildman–Crippen MR) is 141 cm³/mol. The van der Waals surface area contributed by atoms with Crippen LogP contribution in [0.15, 0.2) is 54.2 Å². The number of hydrogen-bond donors (Lipinski definition) is 3. The summed E-state index contributed by atoms with van der Waals surface area (Å²) in [5.41, 5.74) is 11.4. The number of fused-ring (bicyclic) bond motifs is 2. The fourth-order valence-electron chi connectivity index (χ4n) is 5.40. The highest BCUT2D eigenvalue weighted by Crippen LogP contribution is 2.40. The average molecular weight is 485 g/mol. The maximum Gasteiger partial charge on any atom is 0.216 e. The third kappa shape index (κ3) is 3.97. The van der Waals surface area contributed by atoms with E-state index in [4.69, 9.17) is 10.7 Å². The van der Waals surface area contributed by atoms with Gasteiger partial charge in [-0.15, -0.1) is 11.3 Å². The zero-order valence-corrected chi connectivity index (χ0v) is 20.4. The van der Waals surface area contributed by atoms with Crippen LogP contribution in [0.4, 0.5) is 5.82 Å². The molecular weight excluding hydrogens is 456 g/mol. The van der Waals surface area contributed by atoms with Gasteiger partial charge >= 0.3 is 0 Å². The Labute approximate surface area is 207 Å². The molecule has 7 nitrogen and oxygen atoms in total. The second kappa shape index (κ2) is 8.85. The fraction of sp³-hybridized carbons (Fsp3) is 0.296. The van der Waals surface area contributed by atoms with Crippen molar-refractivity contribution in [1.29, 1.82) is 0 Å². The number of carbonyl (C=O) groups excluding carboxylic acids is 1. The summed E-state index contributed by atoms with van der Waals surface area (Å²) in [6.45, 7) is 2.34. The molecule has 0 bridgehead atoms. The Kier molecular flexibility index (Phi) is 5.53. The number of anilines is 1. The number of carbonyl (C=O) groups is 1. The van der Waals surface area contributed by atoms with Crippen LogP contribution in [0.25, 0.3) is 38.2 Å². The van der Waals surface area contributed by atoms with Gasteiger partial charge in [-0.3, -0.25) is 9.20 Å². The number of para-hydroxylation sites is 1. The summed E-state index contributed by atoms with van der Waals surface area (Å²) in [7, 11) is 0. The normalized spacial score (nSPS) is 18.3. The lowest BCUT2D eigenvalue weighted by Gasteiger charge is -2.27. The zero-order chi connectivity index (χ0) is 23.9. The maximum absolute atomic E-state index is 11.3. The molecule has 0 saturated heterocycles. The monoisotopic (exact) mass is 484 g/mol. The van der Waals surface area contributed by atoms with E-state index in [0.29, 0.717) is 17.7 Å². The molecule has 1 aromatic carbocycles. The minimum absolute atomic E-state index is 0.0413. The van der Waals surface area contributed by atoms with Gasteiger partial charge in [0.1, 0.15) is 22.9 Å². The molecule has 0 spiro atoms. The average Bonchev–Trinajstić information content (AvgIpc) is 3.61. The van der Waals surface area contributed by atoms with Crippen LogP contribution < -0.4 is 11.1 Å². The van der Waals surface area contributed by atoms with Crippen molar-refractivity contribution in [3.05, 3.63) is 60.0 Å². The van der Waals surface area contributed by atoms with Crippen LogP contribution in [0.2, 0.25) is 0 Å². The van der Waals surface area contributed by atoms with E-state index < -0.39 is 0 Å². The summed E-state index contributed by atoms with van der Waals surface area (Å²) in [5, 5.41) is 6.22. The molecule has 5 aromatic rings. The molecule has 35 heavy (non-hydrogen) atoms. The largest absolute Gasteiger partial charge is 0.382 e. The van der Waals surface area contributed by atoms with Gasteiger partial charge in [-0.25, -0.2) is 9.97 Å². The third-order valence-electron chi connectivity index (χ3n) is 7.16. The second-order valence-electron chi connectivity index (χ2n) is 9.43. The van der Waals surface area contributed by atoms with E-state index in [9.17, 15) is 4.79 Å². The number of rotatable bonds is 5. The Morgan fingerprint density at radius 1 is 1.23 bits per heavy atom. The smallest absolute Gasteiger partial charge is 0.216 e. The number of imidazole rings is 1. The van der Waals surface area contributed by atoms with E-state index >= 15 is 0 Å². The Hall–Kier alpha value is -3.65. The highest BCUT2D eigenvalue weighted by molar-refractivity contribution is 7.13. The summed E-state index contributed by atoms with van der Waals surface area (Å²) >= 11 is 1.74. The van der Waals surface area contributed by atoms with Crippen LogP contribution in [-0.4, -0.2) is 31.8 Å². The molecule has 4 N–H and O–H groups in total. The standard InChI is InChI=1S/C27H28N6OS/c1-16(34)30-15-17-7-9-18(10-8-17)27-32-24(25-26(28)29-11-12-33(25)27)21-14-19-4-2-5-20(23(19)31-21)22-6-3-13-35-22/h2-6,11-14,17-18,31H,7-10,15H2,1H3,(H2,28,29)(H,30,34)/t17-,18-. The summed E-state index contributed by atoms with van der Waals surface area (Å²) in [4.78, 5) is 25.7. The minimum atomic E-state index is 0.0413. The predicted octanol–water partition coefficient (Wildman–Crippen LogP) is 5.60. The zero-order valence-electron chi connectivity index (χ0n) is 19.6. The van der Waals surface area contributed by atoms with Gasteiger partial charge in [-0.05, 0) is 49.1 Å². The number of H-pyrrole nitrogens is 1. The molecule has 1 aliphatic rings. The van der Waals surface area contributed by atoms with Crippen molar-refractivity contribution < 1.29 is 4.79 Å². The molecule has 6 rings (SSSR count). The first kappa shape index (κ1) is 21.9. The molecule has 1 amide bonds. The summed E-state index contributed by atoms with van der Waals surface area (Å²) in [6.07, 6.45) is 7.96. The molecule has 0 aliphatic heterocycles. The number of aromatic nitrogens is 4. The van der Waals surface area contributed by atoms with Gasteiger partial charge in [-0.2, -0.15) is 0 Å². The minimum Gasteiger partial charge on any atom is -0.382 e. The van der Waals surface area contributed by atoms with Gasteiger partial charge < -0.3 is 16.0 Å². The van der Waals surface area contributed by atoms with Crippen LogP contribution in [-0.2, 0) is 4.79 Å². The molecule has 0 radical (unpaired) electrons. The highest BCUT2D eigenvalue weighted by Gasteiger charge is 2.28. The molecule has 1 saturated carbocycles. The number of nitrogens with two attached hydrogens (primary N) is 1. The third-order valence-corrected chi connectivity index (χ3v) is 8.06. The van der Waals surface area contributed by atoms with Crippen molar-refractivity contribution in [2.75, 3.05) is 12.3 Å². The SMILES string of the molecule is CC(=O)NC[C@H]1CC[C@H](c2nc(-c3cc4cccc(-c5cccs5)c4[nH]3)c3c(N)nccn32)CC1. The van der Waals surface area contributed by atoms with Crippen molar-refractivity contribution in [2.24, 2.45) is 5.92 Å². The summed E-state index contributed by atoms with van der Waals surface area (Å²) < 4.78 is 2.13. The molecule has 8 heteroatoms. The van der Waals surface area contributed by atoms with E-state index in [1.54, 1.807) is 24.5 Å². The molecule has 0 unspecified atom stereocenters. The first-order valence-corrected chi connectivity index (χ1v) is 13.0. The van der Waals surface area contributed by atoms with Crippen molar-refractivity contribution in [3.8, 4) is 21.8 Å². The van der Waals surface area contributed by atoms with E-state index in [0.717, 1.165) is 65.9 Å². The van der Waals surface area contributed by atoms with E-state index in [1.807, 2.05) is 6.20 Å². The van der Waals surface area contributed by atoms with Crippen LogP contribution in [0.5, 0.6) is 0 Å². The first-order chi connectivity index (χ1) is 17.1. The van der Waals surface area contributed by atoms with Crippen LogP contribution in [0.1, 0.15) is 44.3 Å². The summed E-state index contributed by atoms with van der Waals surface area (Å²) in [6, 6.07) is 12.8. The van der Waals surface area contributed by atoms with Crippen molar-refractivity contribution >= 4 is 39.5 Å². The number of thiophene rings is 1. The topological polar surface area (TPSA) is 101 Å². The molecular formula is C27H28N6OS. The van der Waals surface area contributed by atoms with Gasteiger partial charge in [0.2, 0.25) is 5.91 Å². The molecule has 4 heterocycles.